The molecule has 0 radical (unpaired) electrons. The number of aliphatic imine (C=N–C) groups is 1. The molecule has 0 aliphatic carbocycles. The van der Waals surface area contributed by atoms with Crippen LogP contribution in [0.2, 0.25) is 0 Å². The van der Waals surface area contributed by atoms with Gasteiger partial charge in [0.1, 0.15) is 13.2 Å². The predicted octanol–water partition coefficient (Wildman–Crippen LogP) is 3.41. The summed E-state index contributed by atoms with van der Waals surface area (Å²) in [4.78, 5) is 7.28. The van der Waals surface area contributed by atoms with Crippen LogP contribution in [0.25, 0.3) is 0 Å². The van der Waals surface area contributed by atoms with Gasteiger partial charge in [-0.25, -0.2) is 0 Å². The Hall–Kier alpha value is -1.18. The Balaban J connectivity index is 0.00000225. The fraction of sp³-hybridized carbons (Fsp3) is 0.632. The molecule has 0 spiro atoms. The third-order valence-electron chi connectivity index (χ3n) is 4.69. The van der Waals surface area contributed by atoms with Crippen molar-refractivity contribution in [2.24, 2.45) is 4.99 Å². The SMILES string of the molecule is CCNC(=NCC(C)(C)c1ccc2c(c1)OCCO2)N1CCCC1.I. The van der Waals surface area contributed by atoms with Crippen LogP contribution in [0.3, 0.4) is 0 Å². The van der Waals surface area contributed by atoms with Crippen LogP contribution in [0.4, 0.5) is 0 Å². The molecule has 0 bridgehead atoms. The molecule has 1 N–H and O–H groups in total. The van der Waals surface area contributed by atoms with Crippen molar-refractivity contribution in [3.63, 3.8) is 0 Å². The molecule has 1 aromatic carbocycles. The maximum absolute atomic E-state index is 5.72. The molecule has 0 amide bonds. The van der Waals surface area contributed by atoms with E-state index in [2.05, 4.69) is 43.1 Å². The van der Waals surface area contributed by atoms with Crippen LogP contribution in [0, 0.1) is 0 Å². The van der Waals surface area contributed by atoms with Crippen molar-refractivity contribution in [1.29, 1.82) is 0 Å². The predicted molar refractivity (Wildman–Crippen MR) is 113 cm³/mol. The highest BCUT2D eigenvalue weighted by molar-refractivity contribution is 14.0. The van der Waals surface area contributed by atoms with Crippen molar-refractivity contribution in [1.82, 2.24) is 10.2 Å². The molecule has 5 nitrogen and oxygen atoms in total. The molecule has 2 aliphatic heterocycles. The lowest BCUT2D eigenvalue weighted by Gasteiger charge is -2.27. The lowest BCUT2D eigenvalue weighted by atomic mass is 9.84. The van der Waals surface area contributed by atoms with E-state index in [1.807, 2.05) is 6.07 Å². The highest BCUT2D eigenvalue weighted by atomic mass is 127. The lowest BCUT2D eigenvalue weighted by molar-refractivity contribution is 0.171. The molecule has 2 aliphatic rings. The first kappa shape index (κ1) is 20.1. The van der Waals surface area contributed by atoms with Gasteiger partial charge in [0.25, 0.3) is 0 Å². The average molecular weight is 459 g/mol. The number of rotatable bonds is 4. The number of benzene rings is 1. The molecule has 0 atom stereocenters. The Morgan fingerprint density at radius 1 is 1.16 bits per heavy atom. The van der Waals surface area contributed by atoms with Gasteiger partial charge in [-0.1, -0.05) is 19.9 Å². The fourth-order valence-electron chi connectivity index (χ4n) is 3.18. The van der Waals surface area contributed by atoms with Gasteiger partial charge >= 0.3 is 0 Å². The van der Waals surface area contributed by atoms with E-state index in [-0.39, 0.29) is 29.4 Å². The number of nitrogens with zero attached hydrogens (tertiary/aromatic N) is 2. The summed E-state index contributed by atoms with van der Waals surface area (Å²) in [5, 5.41) is 3.43. The fourth-order valence-corrected chi connectivity index (χ4v) is 3.18. The van der Waals surface area contributed by atoms with Crippen LogP contribution in [-0.4, -0.2) is 50.3 Å². The Labute approximate surface area is 168 Å². The number of fused-ring (bicyclic) bond motifs is 1. The van der Waals surface area contributed by atoms with E-state index in [4.69, 9.17) is 14.5 Å². The molecule has 6 heteroatoms. The highest BCUT2D eigenvalue weighted by Gasteiger charge is 2.24. The first-order chi connectivity index (χ1) is 11.6. The summed E-state index contributed by atoms with van der Waals surface area (Å²) in [6.45, 7) is 11.7. The van der Waals surface area contributed by atoms with Crippen molar-refractivity contribution >= 4 is 29.9 Å². The van der Waals surface area contributed by atoms with Crippen LogP contribution in [0.1, 0.15) is 39.2 Å². The molecule has 0 saturated carbocycles. The second kappa shape index (κ2) is 8.96. The number of hydrogen-bond donors (Lipinski definition) is 1. The Morgan fingerprint density at radius 3 is 2.52 bits per heavy atom. The van der Waals surface area contributed by atoms with Crippen LogP contribution >= 0.6 is 24.0 Å². The Morgan fingerprint density at radius 2 is 1.84 bits per heavy atom. The van der Waals surface area contributed by atoms with Crippen molar-refractivity contribution in [2.45, 2.75) is 39.0 Å². The van der Waals surface area contributed by atoms with Crippen molar-refractivity contribution in [3.8, 4) is 11.5 Å². The zero-order valence-corrected chi connectivity index (χ0v) is 17.8. The van der Waals surface area contributed by atoms with Crippen LogP contribution in [-0.2, 0) is 5.41 Å². The number of halogens is 1. The van der Waals surface area contributed by atoms with E-state index < -0.39 is 0 Å². The number of guanidine groups is 1. The molecule has 0 unspecified atom stereocenters. The van der Waals surface area contributed by atoms with E-state index in [1.54, 1.807) is 0 Å². The monoisotopic (exact) mass is 459 g/mol. The molecule has 3 rings (SSSR count). The topological polar surface area (TPSA) is 46.1 Å². The smallest absolute Gasteiger partial charge is 0.193 e. The largest absolute Gasteiger partial charge is 0.486 e. The first-order valence-electron chi connectivity index (χ1n) is 9.03. The van der Waals surface area contributed by atoms with Crippen molar-refractivity contribution in [3.05, 3.63) is 23.8 Å². The van der Waals surface area contributed by atoms with Gasteiger partial charge in [0.2, 0.25) is 0 Å². The summed E-state index contributed by atoms with van der Waals surface area (Å²) in [5.74, 6) is 2.73. The second-order valence-corrected chi connectivity index (χ2v) is 7.11. The molecule has 1 aromatic rings. The number of nitrogens with one attached hydrogen (secondary N) is 1. The summed E-state index contributed by atoms with van der Waals surface area (Å²) in [7, 11) is 0. The van der Waals surface area contributed by atoms with Gasteiger partial charge in [-0.2, -0.15) is 0 Å². The standard InChI is InChI=1S/C19H29N3O2.HI/c1-4-20-18(22-9-5-6-10-22)21-14-19(2,3)15-7-8-16-17(13-15)24-12-11-23-16;/h7-8,13H,4-6,9-12,14H2,1-3H3,(H,20,21);1H. The Kier molecular flexibility index (Phi) is 7.22. The lowest BCUT2D eigenvalue weighted by Crippen LogP contribution is -2.40. The van der Waals surface area contributed by atoms with Gasteiger partial charge in [0, 0.05) is 25.0 Å². The van der Waals surface area contributed by atoms with Gasteiger partial charge in [-0.15, -0.1) is 24.0 Å². The molecule has 1 fully saturated rings. The second-order valence-electron chi connectivity index (χ2n) is 7.11. The van der Waals surface area contributed by atoms with E-state index >= 15 is 0 Å². The molecular weight excluding hydrogens is 429 g/mol. The van der Waals surface area contributed by atoms with Gasteiger partial charge in [0.15, 0.2) is 17.5 Å². The molecule has 2 heterocycles. The number of ether oxygens (including phenoxy) is 2. The third-order valence-corrected chi connectivity index (χ3v) is 4.69. The summed E-state index contributed by atoms with van der Waals surface area (Å²) < 4.78 is 11.3. The van der Waals surface area contributed by atoms with Gasteiger partial charge in [-0.3, -0.25) is 4.99 Å². The van der Waals surface area contributed by atoms with Gasteiger partial charge < -0.3 is 19.7 Å². The van der Waals surface area contributed by atoms with E-state index in [1.165, 1.54) is 18.4 Å². The van der Waals surface area contributed by atoms with Gasteiger partial charge in [0.05, 0.1) is 6.54 Å². The van der Waals surface area contributed by atoms with E-state index in [9.17, 15) is 0 Å². The third kappa shape index (κ3) is 4.92. The molecule has 140 valence electrons. The van der Waals surface area contributed by atoms with E-state index in [0.717, 1.165) is 43.6 Å². The van der Waals surface area contributed by atoms with Crippen LogP contribution in [0.15, 0.2) is 23.2 Å². The highest BCUT2D eigenvalue weighted by Crippen LogP contribution is 2.35. The zero-order valence-electron chi connectivity index (χ0n) is 15.5. The quantitative estimate of drug-likeness (QED) is 0.426. The number of hydrogen-bond acceptors (Lipinski definition) is 3. The summed E-state index contributed by atoms with van der Waals surface area (Å²) >= 11 is 0. The molecule has 1 saturated heterocycles. The minimum absolute atomic E-state index is 0. The first-order valence-corrected chi connectivity index (χ1v) is 9.03. The number of likely N-dealkylation sites (tertiary alicyclic amines) is 1. The molecule has 25 heavy (non-hydrogen) atoms. The summed E-state index contributed by atoms with van der Waals surface area (Å²) in [6.07, 6.45) is 2.52. The minimum atomic E-state index is -0.0593. The van der Waals surface area contributed by atoms with Crippen LogP contribution < -0.4 is 14.8 Å². The zero-order chi connectivity index (χ0) is 17.0. The van der Waals surface area contributed by atoms with Crippen molar-refractivity contribution in [2.75, 3.05) is 39.4 Å². The average Bonchev–Trinajstić information content (AvgIpc) is 3.12. The Bertz CT molecular complexity index is 598. The molecular formula is C19H30IN3O2. The van der Waals surface area contributed by atoms with Crippen molar-refractivity contribution < 1.29 is 9.47 Å². The summed E-state index contributed by atoms with van der Waals surface area (Å²) in [6, 6.07) is 6.25. The van der Waals surface area contributed by atoms with Crippen LogP contribution in [0.5, 0.6) is 11.5 Å². The minimum Gasteiger partial charge on any atom is -0.486 e. The van der Waals surface area contributed by atoms with Gasteiger partial charge in [-0.05, 0) is 37.5 Å². The summed E-state index contributed by atoms with van der Waals surface area (Å²) in [5.41, 5.74) is 1.17. The van der Waals surface area contributed by atoms with E-state index in [0.29, 0.717) is 13.2 Å². The molecule has 0 aromatic heterocycles. The maximum Gasteiger partial charge on any atom is 0.193 e. The maximum atomic E-state index is 5.72. The normalized spacial score (nSPS) is 17.2.